The van der Waals surface area contributed by atoms with E-state index in [2.05, 4.69) is 10.3 Å². The summed E-state index contributed by atoms with van der Waals surface area (Å²) in [5, 5.41) is 5.85. The predicted molar refractivity (Wildman–Crippen MR) is 101 cm³/mol. The SMILES string of the molecule is CN(N)/C=C(\N)c1ccc2cnc(NC(=O)C3CCC(F)(F)CC3)cc2c1. The van der Waals surface area contributed by atoms with Gasteiger partial charge >= 0.3 is 0 Å². The zero-order valence-corrected chi connectivity index (χ0v) is 15.1. The van der Waals surface area contributed by atoms with Crippen LogP contribution in [0.2, 0.25) is 0 Å². The Morgan fingerprint density at radius 2 is 2.00 bits per heavy atom. The molecule has 1 amide bonds. The van der Waals surface area contributed by atoms with E-state index < -0.39 is 11.8 Å². The summed E-state index contributed by atoms with van der Waals surface area (Å²) in [7, 11) is 1.67. The maximum absolute atomic E-state index is 13.3. The largest absolute Gasteiger partial charge is 0.397 e. The van der Waals surface area contributed by atoms with Crippen LogP contribution >= 0.6 is 0 Å². The summed E-state index contributed by atoms with van der Waals surface area (Å²) in [6.45, 7) is 0. The van der Waals surface area contributed by atoms with Gasteiger partial charge in [0.2, 0.25) is 11.8 Å². The molecular weight excluding hydrogens is 352 g/mol. The third kappa shape index (κ3) is 4.71. The van der Waals surface area contributed by atoms with Gasteiger partial charge in [0.25, 0.3) is 0 Å². The summed E-state index contributed by atoms with van der Waals surface area (Å²) in [6, 6.07) is 7.36. The third-order valence-electron chi connectivity index (χ3n) is 4.74. The van der Waals surface area contributed by atoms with Crippen molar-refractivity contribution >= 4 is 28.2 Å². The third-order valence-corrected chi connectivity index (χ3v) is 4.74. The summed E-state index contributed by atoms with van der Waals surface area (Å²) < 4.78 is 26.5. The molecule has 0 atom stereocenters. The van der Waals surface area contributed by atoms with E-state index >= 15 is 0 Å². The lowest BCUT2D eigenvalue weighted by Gasteiger charge is -2.27. The number of carbonyl (C=O) groups is 1. The highest BCUT2D eigenvalue weighted by atomic mass is 19.3. The second-order valence-electron chi connectivity index (χ2n) is 7.00. The van der Waals surface area contributed by atoms with Gasteiger partial charge in [-0.1, -0.05) is 12.1 Å². The molecule has 1 aliphatic carbocycles. The number of halogens is 2. The molecule has 0 aliphatic heterocycles. The maximum Gasteiger partial charge on any atom is 0.248 e. The first kappa shape index (κ1) is 19.0. The fourth-order valence-electron chi connectivity index (χ4n) is 3.21. The molecule has 3 rings (SSSR count). The number of rotatable bonds is 4. The number of anilines is 1. The molecule has 0 radical (unpaired) electrons. The van der Waals surface area contributed by atoms with Gasteiger partial charge in [0.1, 0.15) is 5.82 Å². The number of pyridine rings is 1. The smallest absolute Gasteiger partial charge is 0.248 e. The van der Waals surface area contributed by atoms with Gasteiger partial charge < -0.3 is 16.1 Å². The quantitative estimate of drug-likeness (QED) is 0.564. The van der Waals surface area contributed by atoms with Crippen LogP contribution in [0.5, 0.6) is 0 Å². The van der Waals surface area contributed by atoms with Crippen LogP contribution in [0.15, 0.2) is 36.7 Å². The molecule has 1 fully saturated rings. The van der Waals surface area contributed by atoms with Crippen LogP contribution in [-0.4, -0.2) is 28.9 Å². The Bertz CT molecular complexity index is 872. The van der Waals surface area contributed by atoms with Gasteiger partial charge in [-0.05, 0) is 35.9 Å². The van der Waals surface area contributed by atoms with Crippen LogP contribution in [0.25, 0.3) is 16.5 Å². The second kappa shape index (κ2) is 7.48. The molecule has 0 bridgehead atoms. The van der Waals surface area contributed by atoms with E-state index in [0.717, 1.165) is 16.3 Å². The number of fused-ring (bicyclic) bond motifs is 1. The molecule has 1 aromatic heterocycles. The Balaban J connectivity index is 1.76. The number of alkyl halides is 2. The van der Waals surface area contributed by atoms with E-state index in [0.29, 0.717) is 11.5 Å². The lowest BCUT2D eigenvalue weighted by atomic mass is 9.86. The highest BCUT2D eigenvalue weighted by Crippen LogP contribution is 2.36. The molecule has 0 unspecified atom stereocenters. The van der Waals surface area contributed by atoms with Crippen molar-refractivity contribution in [2.45, 2.75) is 31.6 Å². The summed E-state index contributed by atoms with van der Waals surface area (Å²) in [5.41, 5.74) is 7.31. The molecule has 5 N–H and O–H groups in total. The van der Waals surface area contributed by atoms with E-state index in [1.165, 1.54) is 5.01 Å². The van der Waals surface area contributed by atoms with Crippen LogP contribution in [0, 0.1) is 5.92 Å². The number of nitrogens with one attached hydrogen (secondary N) is 1. The summed E-state index contributed by atoms with van der Waals surface area (Å²) in [4.78, 5) is 16.6. The van der Waals surface area contributed by atoms with Crippen molar-refractivity contribution in [1.82, 2.24) is 9.99 Å². The minimum absolute atomic E-state index is 0.185. The molecule has 144 valence electrons. The number of benzene rings is 1. The minimum atomic E-state index is -2.65. The van der Waals surface area contributed by atoms with Gasteiger partial charge in [0, 0.05) is 43.6 Å². The van der Waals surface area contributed by atoms with Crippen LogP contribution < -0.4 is 16.9 Å². The first-order valence-electron chi connectivity index (χ1n) is 8.77. The van der Waals surface area contributed by atoms with Crippen molar-refractivity contribution in [3.05, 3.63) is 42.2 Å². The number of hydrazine groups is 1. The average molecular weight is 375 g/mol. The first-order valence-corrected chi connectivity index (χ1v) is 8.77. The van der Waals surface area contributed by atoms with Crippen molar-refractivity contribution < 1.29 is 13.6 Å². The highest BCUT2D eigenvalue weighted by Gasteiger charge is 2.37. The summed E-state index contributed by atoms with van der Waals surface area (Å²) in [6.07, 6.45) is 3.12. The predicted octanol–water partition coefficient (Wildman–Crippen LogP) is 3.06. The van der Waals surface area contributed by atoms with Gasteiger partial charge in [-0.3, -0.25) is 4.79 Å². The Morgan fingerprint density at radius 1 is 1.30 bits per heavy atom. The fraction of sp³-hybridized carbons (Fsp3) is 0.368. The Labute approximate surface area is 156 Å². The van der Waals surface area contributed by atoms with Crippen molar-refractivity contribution in [3.63, 3.8) is 0 Å². The Hall–Kier alpha value is -2.74. The number of hydrogen-bond acceptors (Lipinski definition) is 5. The molecule has 1 aliphatic rings. The standard InChI is InChI=1S/C19H23F2N5O/c1-26(23)11-16(22)13-2-3-14-10-24-17(9-15(14)8-13)25-18(27)12-4-6-19(20,21)7-5-12/h2-3,8-12H,4-7,22-23H2,1H3,(H,24,25,27)/b16-11-. The van der Waals surface area contributed by atoms with Crippen LogP contribution in [0.3, 0.4) is 0 Å². The number of amides is 1. The van der Waals surface area contributed by atoms with E-state index in [4.69, 9.17) is 11.6 Å². The van der Waals surface area contributed by atoms with Crippen molar-refractivity contribution in [2.24, 2.45) is 17.5 Å². The number of hydrogen-bond donors (Lipinski definition) is 3. The summed E-state index contributed by atoms with van der Waals surface area (Å²) >= 11 is 0. The van der Waals surface area contributed by atoms with Crippen LogP contribution in [-0.2, 0) is 4.79 Å². The number of nitrogens with zero attached hydrogens (tertiary/aromatic N) is 2. The maximum atomic E-state index is 13.3. The van der Waals surface area contributed by atoms with Crippen molar-refractivity contribution in [2.75, 3.05) is 12.4 Å². The molecule has 1 heterocycles. The molecule has 8 heteroatoms. The van der Waals surface area contributed by atoms with Crippen LogP contribution in [0.1, 0.15) is 31.2 Å². The first-order chi connectivity index (χ1) is 12.7. The van der Waals surface area contributed by atoms with Gasteiger partial charge in [-0.15, -0.1) is 0 Å². The molecule has 2 aromatic rings. The van der Waals surface area contributed by atoms with E-state index in [1.54, 1.807) is 25.5 Å². The molecular formula is C19H23F2N5O. The van der Waals surface area contributed by atoms with Crippen molar-refractivity contribution in [1.29, 1.82) is 0 Å². The molecule has 1 aromatic carbocycles. The molecule has 0 saturated heterocycles. The average Bonchev–Trinajstić information content (AvgIpc) is 2.60. The number of nitrogens with two attached hydrogens (primary N) is 2. The molecule has 6 nitrogen and oxygen atoms in total. The lowest BCUT2D eigenvalue weighted by molar-refractivity contribution is -0.124. The Morgan fingerprint density at radius 3 is 2.67 bits per heavy atom. The van der Waals surface area contributed by atoms with E-state index in [1.807, 2.05) is 18.2 Å². The second-order valence-corrected chi connectivity index (χ2v) is 7.00. The Kier molecular flexibility index (Phi) is 5.27. The zero-order valence-electron chi connectivity index (χ0n) is 15.1. The normalized spacial score (nSPS) is 17.7. The monoisotopic (exact) mass is 375 g/mol. The van der Waals surface area contributed by atoms with Gasteiger partial charge in [0.05, 0.1) is 5.70 Å². The zero-order chi connectivity index (χ0) is 19.6. The lowest BCUT2D eigenvalue weighted by Crippen LogP contribution is -2.32. The molecule has 1 saturated carbocycles. The number of aromatic nitrogens is 1. The molecule has 0 spiro atoms. The van der Waals surface area contributed by atoms with Gasteiger partial charge in [0.15, 0.2) is 0 Å². The van der Waals surface area contributed by atoms with E-state index in [-0.39, 0.29) is 31.6 Å². The van der Waals surface area contributed by atoms with Gasteiger partial charge in [-0.25, -0.2) is 19.6 Å². The van der Waals surface area contributed by atoms with Gasteiger partial charge in [-0.2, -0.15) is 0 Å². The van der Waals surface area contributed by atoms with Crippen LogP contribution in [0.4, 0.5) is 14.6 Å². The number of carbonyl (C=O) groups excluding carboxylic acids is 1. The van der Waals surface area contributed by atoms with E-state index in [9.17, 15) is 13.6 Å². The highest BCUT2D eigenvalue weighted by molar-refractivity contribution is 5.94. The minimum Gasteiger partial charge on any atom is -0.397 e. The topological polar surface area (TPSA) is 97.3 Å². The summed E-state index contributed by atoms with van der Waals surface area (Å²) in [5.74, 6) is 2.64. The molecule has 27 heavy (non-hydrogen) atoms. The fourth-order valence-corrected chi connectivity index (χ4v) is 3.21. The van der Waals surface area contributed by atoms with Crippen molar-refractivity contribution in [3.8, 4) is 0 Å².